The number of benzene rings is 4. The van der Waals surface area contributed by atoms with Crippen molar-refractivity contribution in [2.45, 2.75) is 77.1 Å². The molecule has 4 aromatic carbocycles. The van der Waals surface area contributed by atoms with Crippen molar-refractivity contribution in [2.24, 2.45) is 5.92 Å². The minimum Gasteiger partial charge on any atom is -0.508 e. The van der Waals surface area contributed by atoms with E-state index >= 15 is 4.79 Å². The van der Waals surface area contributed by atoms with E-state index in [-0.39, 0.29) is 81.6 Å². The molecule has 5 atom stereocenters. The lowest BCUT2D eigenvalue weighted by Gasteiger charge is -2.43. The number of hydrogen-bond donors (Lipinski definition) is 8. The Bertz CT molecular complexity index is 2450. The van der Waals surface area contributed by atoms with Crippen LogP contribution >= 0.6 is 0 Å². The minimum atomic E-state index is -2.76. The number of rotatable bonds is 8. The summed E-state index contributed by atoms with van der Waals surface area (Å²) in [6, 6.07) is 11.7. The molecule has 7 rings (SSSR count). The molecule has 0 spiro atoms. The summed E-state index contributed by atoms with van der Waals surface area (Å²) in [5.74, 6) is -11.1. The second kappa shape index (κ2) is 14.0. The third kappa shape index (κ3) is 6.20. The Morgan fingerprint density at radius 2 is 1.47 bits per heavy atom. The Morgan fingerprint density at radius 1 is 0.789 bits per heavy atom. The minimum absolute atomic E-state index is 0.0320. The summed E-state index contributed by atoms with van der Waals surface area (Å²) in [5.41, 5.74) is 0.120. The number of aromatic hydroxyl groups is 7. The van der Waals surface area contributed by atoms with Gasteiger partial charge in [0.2, 0.25) is 11.4 Å². The fourth-order valence-corrected chi connectivity index (χ4v) is 8.45. The van der Waals surface area contributed by atoms with Crippen LogP contribution in [0.25, 0.3) is 0 Å². The topological polar surface area (TPSA) is 214 Å². The largest absolute Gasteiger partial charge is 0.508 e. The van der Waals surface area contributed by atoms with Crippen LogP contribution in [0.3, 0.4) is 0 Å². The van der Waals surface area contributed by atoms with Crippen LogP contribution in [0, 0.1) is 5.92 Å². The first-order chi connectivity index (χ1) is 26.9. The van der Waals surface area contributed by atoms with Crippen molar-refractivity contribution in [3.8, 4) is 51.7 Å². The maximum absolute atomic E-state index is 15.0. The average Bonchev–Trinajstić information content (AvgIpc) is 3.37. The lowest BCUT2D eigenvalue weighted by Crippen LogP contribution is -2.62. The van der Waals surface area contributed by atoms with Crippen LogP contribution in [0.1, 0.15) is 102 Å². The zero-order chi connectivity index (χ0) is 41.3. The second-order valence-electron chi connectivity index (χ2n) is 15.6. The predicted octanol–water partition coefficient (Wildman–Crippen LogP) is 7.76. The van der Waals surface area contributed by atoms with Gasteiger partial charge in [-0.15, -0.1) is 0 Å². The van der Waals surface area contributed by atoms with Crippen LogP contribution < -0.4 is 9.47 Å². The molecule has 0 aromatic heterocycles. The van der Waals surface area contributed by atoms with Crippen LogP contribution in [-0.4, -0.2) is 58.2 Å². The van der Waals surface area contributed by atoms with Gasteiger partial charge in [0.15, 0.2) is 5.78 Å². The molecular formula is C45H44O12. The molecule has 2 aliphatic heterocycles. The first-order valence-electron chi connectivity index (χ1n) is 18.5. The highest BCUT2D eigenvalue weighted by Crippen LogP contribution is 2.61. The fourth-order valence-electron chi connectivity index (χ4n) is 8.45. The maximum Gasteiger partial charge on any atom is 0.318 e. The summed E-state index contributed by atoms with van der Waals surface area (Å²) in [5, 5.41) is 90.1. The molecule has 3 unspecified atom stereocenters. The van der Waals surface area contributed by atoms with Gasteiger partial charge in [0.25, 0.3) is 0 Å². The number of ether oxygens (including phenoxy) is 2. The first-order valence-corrected chi connectivity index (χ1v) is 18.5. The lowest BCUT2D eigenvalue weighted by atomic mass is 9.65. The van der Waals surface area contributed by atoms with Gasteiger partial charge in [0, 0.05) is 59.1 Å². The van der Waals surface area contributed by atoms with Gasteiger partial charge in [-0.3, -0.25) is 9.59 Å². The van der Waals surface area contributed by atoms with Crippen molar-refractivity contribution in [2.75, 3.05) is 0 Å². The van der Waals surface area contributed by atoms with Crippen molar-refractivity contribution in [3.63, 3.8) is 0 Å². The number of ketones is 2. The fraction of sp³-hybridized carbons (Fsp3) is 0.289. The van der Waals surface area contributed by atoms with Crippen molar-refractivity contribution >= 4 is 11.6 Å². The number of carbonyl (C=O) groups excluding carboxylic acids is 2. The molecule has 296 valence electrons. The van der Waals surface area contributed by atoms with Gasteiger partial charge in [0.1, 0.15) is 57.3 Å². The van der Waals surface area contributed by atoms with E-state index in [0.29, 0.717) is 5.57 Å². The zero-order valence-corrected chi connectivity index (χ0v) is 32.0. The van der Waals surface area contributed by atoms with Gasteiger partial charge in [-0.2, -0.15) is 0 Å². The van der Waals surface area contributed by atoms with E-state index in [1.807, 2.05) is 27.7 Å². The Morgan fingerprint density at radius 3 is 2.16 bits per heavy atom. The third-order valence-corrected chi connectivity index (χ3v) is 11.2. The quantitative estimate of drug-likeness (QED) is 0.0637. The van der Waals surface area contributed by atoms with Crippen molar-refractivity contribution in [1.29, 1.82) is 0 Å². The predicted molar refractivity (Wildman–Crippen MR) is 208 cm³/mol. The summed E-state index contributed by atoms with van der Waals surface area (Å²) < 4.78 is 12.4. The van der Waals surface area contributed by atoms with Crippen LogP contribution in [-0.2, 0) is 12.0 Å². The molecular weight excluding hydrogens is 732 g/mol. The van der Waals surface area contributed by atoms with Gasteiger partial charge in [-0.25, -0.2) is 0 Å². The summed E-state index contributed by atoms with van der Waals surface area (Å²) in [4.78, 5) is 29.7. The molecule has 1 aliphatic carbocycles. The molecule has 0 bridgehead atoms. The van der Waals surface area contributed by atoms with E-state index < -0.39 is 63.5 Å². The highest BCUT2D eigenvalue weighted by Gasteiger charge is 2.70. The van der Waals surface area contributed by atoms with E-state index in [9.17, 15) is 45.6 Å². The second-order valence-corrected chi connectivity index (χ2v) is 15.6. The van der Waals surface area contributed by atoms with E-state index in [0.717, 1.165) is 23.3 Å². The molecule has 12 nitrogen and oxygen atoms in total. The molecule has 57 heavy (non-hydrogen) atoms. The van der Waals surface area contributed by atoms with Gasteiger partial charge < -0.3 is 50.3 Å². The van der Waals surface area contributed by atoms with Crippen molar-refractivity contribution < 1.29 is 59.9 Å². The van der Waals surface area contributed by atoms with Gasteiger partial charge >= 0.3 is 5.79 Å². The Labute approximate surface area is 328 Å². The highest BCUT2D eigenvalue weighted by molar-refractivity contribution is 6.09. The summed E-state index contributed by atoms with van der Waals surface area (Å²) in [6.07, 6.45) is 5.37. The van der Waals surface area contributed by atoms with Crippen LogP contribution in [0.2, 0.25) is 0 Å². The molecule has 0 saturated carbocycles. The SMILES string of the molecule is CC(C)=CCc1c(O)ccc(C(=O)[C@H]2C(c3c(O)cc4c(c3O)C(=O)C3(O)Oc5cc(O)ccc5C3(CC=C(C)C)O4)C=C(C)C[C@@H]2c2ccc(O)cc2O)c1O. The maximum atomic E-state index is 15.0. The van der Waals surface area contributed by atoms with Crippen LogP contribution in [0.15, 0.2) is 89.5 Å². The number of phenolic OH excluding ortho intramolecular Hbond substituents is 7. The Kier molecular flexibility index (Phi) is 9.52. The lowest BCUT2D eigenvalue weighted by molar-refractivity contribution is -0.201. The monoisotopic (exact) mass is 776 g/mol. The summed E-state index contributed by atoms with van der Waals surface area (Å²) in [7, 11) is 0. The molecule has 0 fully saturated rings. The number of aliphatic hydroxyl groups is 1. The highest BCUT2D eigenvalue weighted by atomic mass is 16.7. The molecule has 0 radical (unpaired) electrons. The number of phenols is 7. The standard InChI is InChI=1S/C45H44O12/c1-21(2)6-9-27-32(48)13-11-28(40(27)51)41(52)37-29(26-10-7-24(46)18-33(26)49)16-23(5)17-30(37)38-34(50)20-36-39(42(38)53)43(54)45(55)44(56-36,15-14-22(3)4)31-12-8-25(47)19-35(31)57-45/h6-8,10-14,17-20,29-30,37,46-51,53,55H,9,15-16H2,1-5H3/t29-,30?,37-,44?,45?/m1/s1. The Hall–Kier alpha value is -6.40. The van der Waals surface area contributed by atoms with E-state index in [4.69, 9.17) is 9.47 Å². The molecule has 8 N–H and O–H groups in total. The van der Waals surface area contributed by atoms with E-state index in [2.05, 4.69) is 0 Å². The van der Waals surface area contributed by atoms with E-state index in [1.54, 1.807) is 25.2 Å². The summed E-state index contributed by atoms with van der Waals surface area (Å²) >= 11 is 0. The molecule has 0 amide bonds. The van der Waals surface area contributed by atoms with Crippen molar-refractivity contribution in [1.82, 2.24) is 0 Å². The molecule has 3 aliphatic rings. The van der Waals surface area contributed by atoms with Crippen LogP contribution in [0.5, 0.6) is 51.7 Å². The number of allylic oxidation sites excluding steroid dienone is 5. The molecule has 4 aromatic rings. The number of carbonyl (C=O) groups is 2. The molecule has 0 saturated heterocycles. The van der Waals surface area contributed by atoms with Gasteiger partial charge in [-0.1, -0.05) is 41.0 Å². The average molecular weight is 777 g/mol. The summed E-state index contributed by atoms with van der Waals surface area (Å²) in [6.45, 7) is 9.08. The van der Waals surface area contributed by atoms with Crippen molar-refractivity contribution in [3.05, 3.63) is 123 Å². The molecule has 2 heterocycles. The normalized spacial score (nSPS) is 23.2. The Balaban J connectivity index is 1.43. The first kappa shape index (κ1) is 38.9. The smallest absolute Gasteiger partial charge is 0.318 e. The van der Waals surface area contributed by atoms with Crippen LogP contribution in [0.4, 0.5) is 0 Å². The zero-order valence-electron chi connectivity index (χ0n) is 32.0. The van der Waals surface area contributed by atoms with Gasteiger partial charge in [0.05, 0.1) is 5.56 Å². The number of Topliss-reactive ketones (excluding diaryl/α,β-unsaturated/α-hetero) is 2. The number of fused-ring (bicyclic) bond motifs is 4. The van der Waals surface area contributed by atoms with E-state index in [1.165, 1.54) is 42.5 Å². The van der Waals surface area contributed by atoms with Gasteiger partial charge in [-0.05, 0) is 83.4 Å². The molecule has 12 heteroatoms. The third-order valence-electron chi connectivity index (χ3n) is 11.2. The number of hydrogen-bond acceptors (Lipinski definition) is 12.